The molecule has 0 saturated carbocycles. The van der Waals surface area contributed by atoms with Crippen LogP contribution in [0.4, 0.5) is 0 Å². The normalized spacial score (nSPS) is 13.2. The quantitative estimate of drug-likeness (QED) is 0.158. The Bertz CT molecular complexity index is 664. The van der Waals surface area contributed by atoms with E-state index in [2.05, 4.69) is 66.3 Å². The molecule has 2 atom stereocenters. The van der Waals surface area contributed by atoms with Gasteiger partial charge in [0, 0.05) is 18.4 Å². The fourth-order valence-corrected chi connectivity index (χ4v) is 5.47. The summed E-state index contributed by atoms with van der Waals surface area (Å²) in [6.45, 7) is 4.60. The van der Waals surface area contributed by atoms with Crippen LogP contribution in [0.15, 0.2) is 49.1 Å². The van der Waals surface area contributed by atoms with E-state index in [0.29, 0.717) is 12.0 Å². The van der Waals surface area contributed by atoms with Crippen LogP contribution in [0.1, 0.15) is 141 Å². The average Bonchev–Trinajstić information content (AvgIpc) is 3.39. The van der Waals surface area contributed by atoms with Crippen LogP contribution in [-0.4, -0.2) is 9.55 Å². The van der Waals surface area contributed by atoms with Crippen LogP contribution < -0.4 is 0 Å². The Kier molecular flexibility index (Phi) is 16.6. The SMILES string of the molecule is CCCCCCCCCCCCCC(Cc1ccccc1)C(CCCCCCC)n1ccnc1. The predicted octanol–water partition coefficient (Wildman–Crippen LogP) is 10.3. The third-order valence-electron chi connectivity index (χ3n) is 7.57. The highest BCUT2D eigenvalue weighted by atomic mass is 15.1. The van der Waals surface area contributed by atoms with E-state index in [1.54, 1.807) is 0 Å². The van der Waals surface area contributed by atoms with E-state index >= 15 is 0 Å². The minimum atomic E-state index is 0.576. The third-order valence-corrected chi connectivity index (χ3v) is 7.57. The largest absolute Gasteiger partial charge is 0.334 e. The summed E-state index contributed by atoms with van der Waals surface area (Å²) in [5, 5.41) is 0. The Morgan fingerprint density at radius 1 is 0.647 bits per heavy atom. The van der Waals surface area contributed by atoms with Crippen molar-refractivity contribution in [2.24, 2.45) is 5.92 Å². The summed E-state index contributed by atoms with van der Waals surface area (Å²) >= 11 is 0. The predicted molar refractivity (Wildman–Crippen MR) is 149 cm³/mol. The Labute approximate surface area is 212 Å². The fourth-order valence-electron chi connectivity index (χ4n) is 5.47. The number of benzene rings is 1. The van der Waals surface area contributed by atoms with Gasteiger partial charge in [-0.1, -0.05) is 147 Å². The van der Waals surface area contributed by atoms with Gasteiger partial charge in [-0.05, 0) is 30.7 Å². The zero-order valence-corrected chi connectivity index (χ0v) is 22.6. The van der Waals surface area contributed by atoms with Gasteiger partial charge in [0.15, 0.2) is 0 Å². The summed E-state index contributed by atoms with van der Waals surface area (Å²) in [5.74, 6) is 0.696. The van der Waals surface area contributed by atoms with Crippen LogP contribution >= 0.6 is 0 Å². The van der Waals surface area contributed by atoms with Gasteiger partial charge in [-0.2, -0.15) is 0 Å². The Morgan fingerprint density at radius 2 is 1.18 bits per heavy atom. The van der Waals surface area contributed by atoms with Crippen LogP contribution in [0.2, 0.25) is 0 Å². The minimum absolute atomic E-state index is 0.576. The molecule has 0 fully saturated rings. The average molecular weight is 467 g/mol. The summed E-state index contributed by atoms with van der Waals surface area (Å²) in [5.41, 5.74) is 1.49. The zero-order valence-electron chi connectivity index (χ0n) is 22.6. The molecule has 1 aromatic heterocycles. The third kappa shape index (κ3) is 12.8. The number of imidazole rings is 1. The summed E-state index contributed by atoms with van der Waals surface area (Å²) in [4.78, 5) is 4.41. The van der Waals surface area contributed by atoms with Crippen LogP contribution in [0, 0.1) is 5.92 Å². The van der Waals surface area contributed by atoms with Crippen molar-refractivity contribution in [1.29, 1.82) is 0 Å². The second kappa shape index (κ2) is 19.7. The van der Waals surface area contributed by atoms with Crippen LogP contribution in [0.25, 0.3) is 0 Å². The van der Waals surface area contributed by atoms with E-state index in [1.165, 1.54) is 128 Å². The number of nitrogens with zero attached hydrogens (tertiary/aromatic N) is 2. The number of hydrogen-bond acceptors (Lipinski definition) is 1. The van der Waals surface area contributed by atoms with Gasteiger partial charge in [0.05, 0.1) is 6.33 Å². The minimum Gasteiger partial charge on any atom is -0.334 e. The smallest absolute Gasteiger partial charge is 0.0948 e. The molecule has 0 bridgehead atoms. The van der Waals surface area contributed by atoms with E-state index in [-0.39, 0.29) is 0 Å². The molecule has 34 heavy (non-hydrogen) atoms. The summed E-state index contributed by atoms with van der Waals surface area (Å²) in [6.07, 6.45) is 32.4. The van der Waals surface area contributed by atoms with Crippen molar-refractivity contribution >= 4 is 0 Å². The highest BCUT2D eigenvalue weighted by Crippen LogP contribution is 2.32. The fraction of sp³-hybridized carbons (Fsp3) is 0.719. The van der Waals surface area contributed by atoms with Gasteiger partial charge in [0.25, 0.3) is 0 Å². The highest BCUT2D eigenvalue weighted by molar-refractivity contribution is 5.15. The lowest BCUT2D eigenvalue weighted by Gasteiger charge is -2.29. The summed E-state index contributed by atoms with van der Waals surface area (Å²) in [7, 11) is 0. The first-order valence-corrected chi connectivity index (χ1v) is 14.9. The van der Waals surface area contributed by atoms with Gasteiger partial charge in [0.1, 0.15) is 0 Å². The van der Waals surface area contributed by atoms with Gasteiger partial charge in [-0.25, -0.2) is 4.98 Å². The number of rotatable bonds is 22. The first-order chi connectivity index (χ1) is 16.8. The van der Waals surface area contributed by atoms with Crippen molar-refractivity contribution in [3.05, 3.63) is 54.6 Å². The maximum absolute atomic E-state index is 4.41. The molecule has 0 radical (unpaired) electrons. The standard InChI is InChI=1S/C32H54N2/c1-3-5-7-9-10-11-12-13-14-16-20-24-31(28-30-22-18-17-19-23-30)32(34-27-26-33-29-34)25-21-15-8-6-4-2/h17-19,22-23,26-27,29,31-32H,3-16,20-21,24-25,28H2,1-2H3. The topological polar surface area (TPSA) is 17.8 Å². The molecule has 2 rings (SSSR count). The van der Waals surface area contributed by atoms with Gasteiger partial charge in [-0.15, -0.1) is 0 Å². The maximum atomic E-state index is 4.41. The molecule has 0 N–H and O–H groups in total. The Balaban J connectivity index is 1.81. The molecule has 2 aromatic rings. The second-order valence-corrected chi connectivity index (χ2v) is 10.6. The monoisotopic (exact) mass is 466 g/mol. The van der Waals surface area contributed by atoms with Crippen LogP contribution in [-0.2, 0) is 6.42 Å². The van der Waals surface area contributed by atoms with E-state index in [4.69, 9.17) is 0 Å². The molecule has 0 spiro atoms. The molecule has 2 heteroatoms. The summed E-state index contributed by atoms with van der Waals surface area (Å²) in [6, 6.07) is 11.8. The van der Waals surface area contributed by atoms with Crippen LogP contribution in [0.5, 0.6) is 0 Å². The molecule has 0 amide bonds. The molecule has 0 aliphatic heterocycles. The van der Waals surface area contributed by atoms with E-state index < -0.39 is 0 Å². The lowest BCUT2D eigenvalue weighted by atomic mass is 9.84. The van der Waals surface area contributed by atoms with Gasteiger partial charge >= 0.3 is 0 Å². The Hall–Kier alpha value is -1.57. The molecule has 0 saturated heterocycles. The summed E-state index contributed by atoms with van der Waals surface area (Å²) < 4.78 is 2.42. The number of aromatic nitrogens is 2. The lowest BCUT2D eigenvalue weighted by Crippen LogP contribution is -2.21. The molecule has 1 heterocycles. The molecular formula is C32H54N2. The molecule has 192 valence electrons. The van der Waals surface area contributed by atoms with Gasteiger partial charge in [-0.3, -0.25) is 0 Å². The zero-order chi connectivity index (χ0) is 24.1. The number of unbranched alkanes of at least 4 members (excludes halogenated alkanes) is 14. The molecular weight excluding hydrogens is 412 g/mol. The Morgan fingerprint density at radius 3 is 1.71 bits per heavy atom. The van der Waals surface area contributed by atoms with Crippen molar-refractivity contribution in [3.63, 3.8) is 0 Å². The molecule has 2 unspecified atom stereocenters. The van der Waals surface area contributed by atoms with Gasteiger partial charge < -0.3 is 4.57 Å². The van der Waals surface area contributed by atoms with Crippen molar-refractivity contribution in [2.75, 3.05) is 0 Å². The number of hydrogen-bond donors (Lipinski definition) is 0. The molecule has 1 aromatic carbocycles. The van der Waals surface area contributed by atoms with Crippen LogP contribution in [0.3, 0.4) is 0 Å². The second-order valence-electron chi connectivity index (χ2n) is 10.6. The van der Waals surface area contributed by atoms with Crippen molar-refractivity contribution < 1.29 is 0 Å². The van der Waals surface area contributed by atoms with Crippen molar-refractivity contribution in [2.45, 2.75) is 142 Å². The lowest BCUT2D eigenvalue weighted by molar-refractivity contribution is 0.275. The molecule has 0 aliphatic rings. The molecule has 2 nitrogen and oxygen atoms in total. The highest BCUT2D eigenvalue weighted by Gasteiger charge is 2.23. The van der Waals surface area contributed by atoms with Crippen molar-refractivity contribution in [3.8, 4) is 0 Å². The maximum Gasteiger partial charge on any atom is 0.0948 e. The molecule has 0 aliphatic carbocycles. The van der Waals surface area contributed by atoms with Crippen molar-refractivity contribution in [1.82, 2.24) is 9.55 Å². The van der Waals surface area contributed by atoms with E-state index in [0.717, 1.165) is 0 Å². The first kappa shape index (κ1) is 28.7. The first-order valence-electron chi connectivity index (χ1n) is 14.9. The van der Waals surface area contributed by atoms with E-state index in [9.17, 15) is 0 Å². The van der Waals surface area contributed by atoms with Gasteiger partial charge in [0.2, 0.25) is 0 Å². The van der Waals surface area contributed by atoms with E-state index in [1.807, 2.05) is 6.20 Å².